The number of benzene rings is 2. The van der Waals surface area contributed by atoms with Crippen molar-refractivity contribution in [3.8, 4) is 33.8 Å². The van der Waals surface area contributed by atoms with Crippen LogP contribution < -0.4 is 9.47 Å². The molecule has 0 spiro atoms. The highest BCUT2D eigenvalue weighted by molar-refractivity contribution is 9.10. The van der Waals surface area contributed by atoms with E-state index in [4.69, 9.17) is 42.5 Å². The zero-order chi connectivity index (χ0) is 81.6. The molecule has 0 amide bonds. The third-order valence-electron chi connectivity index (χ3n) is 21.1. The van der Waals surface area contributed by atoms with Crippen LogP contribution in [0.4, 0.5) is 13.2 Å². The van der Waals surface area contributed by atoms with Gasteiger partial charge in [0.15, 0.2) is 12.2 Å². The van der Waals surface area contributed by atoms with Crippen LogP contribution in [0.5, 0.6) is 11.5 Å². The van der Waals surface area contributed by atoms with Crippen LogP contribution in [0.15, 0.2) is 82.3 Å². The lowest BCUT2D eigenvalue weighted by molar-refractivity contribution is -0.165. The highest BCUT2D eigenvalue weighted by Gasteiger charge is 2.53. The van der Waals surface area contributed by atoms with Crippen LogP contribution in [0, 0.1) is 29.6 Å². The van der Waals surface area contributed by atoms with Gasteiger partial charge in [0.25, 0.3) is 0 Å². The van der Waals surface area contributed by atoms with Gasteiger partial charge in [0.05, 0.1) is 65.6 Å². The number of alkyl halides is 3. The van der Waals surface area contributed by atoms with E-state index in [1.807, 2.05) is 79.8 Å². The van der Waals surface area contributed by atoms with Crippen LogP contribution in [0.25, 0.3) is 27.8 Å². The summed E-state index contributed by atoms with van der Waals surface area (Å²) in [6.45, 7) is 38.5. The molecule has 26 heteroatoms. The van der Waals surface area contributed by atoms with Crippen molar-refractivity contribution in [3.05, 3.63) is 111 Å². The minimum absolute atomic E-state index is 0.0985. The number of carboxylic acids is 1. The summed E-state index contributed by atoms with van der Waals surface area (Å²) in [6, 6.07) is 12.2. The maximum absolute atomic E-state index is 12.5. The second-order valence-corrected chi connectivity index (χ2v) is 41.1. The zero-order valence-electron chi connectivity index (χ0n) is 69.3. The maximum Gasteiger partial charge on any atom is 0.534 e. The van der Waals surface area contributed by atoms with Gasteiger partial charge in [-0.15, -0.1) is 0 Å². The first kappa shape index (κ1) is 91.2. The number of carbonyl (C=O) groups is 3. The molecule has 19 nitrogen and oxygen atoms in total. The molecule has 12 rings (SSSR count). The van der Waals surface area contributed by atoms with Gasteiger partial charge >= 0.3 is 34.7 Å². The van der Waals surface area contributed by atoms with Gasteiger partial charge in [-0.05, 0) is 302 Å². The van der Waals surface area contributed by atoms with E-state index in [2.05, 4.69) is 124 Å². The summed E-state index contributed by atoms with van der Waals surface area (Å²) >= 11 is 3.55. The first-order valence-corrected chi connectivity index (χ1v) is 45.2. The van der Waals surface area contributed by atoms with Crippen molar-refractivity contribution in [1.82, 2.24) is 19.6 Å². The van der Waals surface area contributed by atoms with E-state index in [-0.39, 0.29) is 30.0 Å². The number of halogens is 4. The highest BCUT2D eigenvalue weighted by Crippen LogP contribution is 2.46. The maximum atomic E-state index is 12.5. The molecule has 2 aromatic heterocycles. The summed E-state index contributed by atoms with van der Waals surface area (Å²) in [7, 11) is -2.00. The molecule has 2 fully saturated rings. The molecule has 1 N–H and O–H groups in total. The number of fused-ring (bicyclic) bond motifs is 2. The number of esters is 1. The number of aryl methyl sites for hydroxylation is 4. The summed E-state index contributed by atoms with van der Waals surface area (Å²) in [5.41, 5.74) is 3.65. The summed E-state index contributed by atoms with van der Waals surface area (Å²) in [5, 5.41) is 19.5. The summed E-state index contributed by atoms with van der Waals surface area (Å²) in [4.78, 5) is 35.7. The number of rotatable bonds is 14. The molecule has 8 aliphatic rings. The topological polar surface area (TPSA) is 224 Å². The Hall–Kier alpha value is -6.03. The van der Waals surface area contributed by atoms with Crippen LogP contribution in [0.2, 0.25) is 19.6 Å². The monoisotopic (exact) mass is 1640 g/mol. The predicted molar refractivity (Wildman–Crippen MR) is 433 cm³/mol. The van der Waals surface area contributed by atoms with E-state index < -0.39 is 59.3 Å². The predicted octanol–water partition coefficient (Wildman–Crippen LogP) is 21.0. The molecule has 110 heavy (non-hydrogen) atoms. The van der Waals surface area contributed by atoms with E-state index in [9.17, 15) is 41.1 Å². The molecule has 4 aromatic rings. The van der Waals surface area contributed by atoms with Gasteiger partial charge in [0, 0.05) is 49.4 Å². The molecule has 7 unspecified atom stereocenters. The van der Waals surface area contributed by atoms with Crippen molar-refractivity contribution >= 4 is 64.8 Å². The Morgan fingerprint density at radius 1 is 0.627 bits per heavy atom. The largest absolute Gasteiger partial charge is 0.547 e. The highest BCUT2D eigenvalue weighted by atomic mass is 79.9. The van der Waals surface area contributed by atoms with Crippen LogP contribution in [0.1, 0.15) is 260 Å². The van der Waals surface area contributed by atoms with Crippen LogP contribution in [0.3, 0.4) is 0 Å². The quantitative estimate of drug-likeness (QED) is 0.0536. The smallest absolute Gasteiger partial charge is 0.534 e. The van der Waals surface area contributed by atoms with Crippen molar-refractivity contribution in [2.45, 2.75) is 292 Å². The summed E-state index contributed by atoms with van der Waals surface area (Å²) in [5.74, 6) is 3.72. The first-order chi connectivity index (χ1) is 51.2. The third-order valence-corrected chi connectivity index (χ3v) is 23.4. The van der Waals surface area contributed by atoms with Gasteiger partial charge < -0.3 is 46.7 Å². The van der Waals surface area contributed by atoms with Crippen molar-refractivity contribution in [3.63, 3.8) is 0 Å². The normalized spacial score (nSPS) is 22.3. The minimum atomic E-state index is -5.50. The minimum Gasteiger partial charge on any atom is -0.547 e. The molecular weight excluding hydrogens is 1510 g/mol. The number of carbonyl (C=O) groups excluding carboxylic acids is 2. The van der Waals surface area contributed by atoms with E-state index in [0.29, 0.717) is 58.3 Å². The van der Waals surface area contributed by atoms with E-state index in [1.54, 1.807) is 23.3 Å². The van der Waals surface area contributed by atoms with Crippen molar-refractivity contribution in [2.24, 2.45) is 43.7 Å². The Morgan fingerprint density at radius 2 is 1.09 bits per heavy atom. The number of allylic oxidation sites excluding steroid dienone is 8. The fourth-order valence-electron chi connectivity index (χ4n) is 14.4. The Balaban J connectivity index is 0.000000194. The molecular formula is C84H125BBrF3N4O15SSi. The van der Waals surface area contributed by atoms with E-state index in [0.717, 1.165) is 128 Å². The third kappa shape index (κ3) is 25.2. The molecule has 0 bridgehead atoms. The second kappa shape index (κ2) is 38.9. The van der Waals surface area contributed by atoms with E-state index >= 15 is 0 Å². The van der Waals surface area contributed by atoms with Crippen molar-refractivity contribution < 1.29 is 82.7 Å². The molecule has 3 aliphatic heterocycles. The summed E-state index contributed by atoms with van der Waals surface area (Å²) < 4.78 is 112. The van der Waals surface area contributed by atoms with Crippen LogP contribution in [-0.2, 0) is 83.6 Å². The van der Waals surface area contributed by atoms with Crippen LogP contribution in [-0.4, -0.2) is 114 Å². The molecule has 1 saturated carbocycles. The Bertz CT molecular complexity index is 4030. The number of Topliss-reactive ketones (excluding diaryl/α,β-unsaturated/α-hetero) is 1. The lowest BCUT2D eigenvalue weighted by Gasteiger charge is -2.32. The Labute approximate surface area is 663 Å². The first-order valence-electron chi connectivity index (χ1n) is 39.6. The lowest BCUT2D eigenvalue weighted by atomic mass is 9.67. The van der Waals surface area contributed by atoms with Gasteiger partial charge in [0.2, 0.25) is 8.32 Å². The molecule has 0 radical (unpaired) electrons. The number of ether oxygens (including phenoxy) is 5. The number of aliphatic carboxylic acids is 1. The summed E-state index contributed by atoms with van der Waals surface area (Å²) in [6.07, 6.45) is 27.4. The second-order valence-electron chi connectivity index (χ2n) is 34.3. The Kier molecular flexibility index (Phi) is 32.2. The van der Waals surface area contributed by atoms with Gasteiger partial charge in [-0.2, -0.15) is 31.8 Å². The number of aromatic nitrogens is 4. The fourth-order valence-corrected chi connectivity index (χ4v) is 16.6. The number of methoxy groups -OCH3 is 1. The average Bonchev–Trinajstić information content (AvgIpc) is 1.55. The SMILES string of the molecule is CC1CCCC=C1B1OC(C)(C)C(C)(C)O1.CC1CCCC=C1OS(=O)(=O)C(F)(F)F.CC1CCCC=C1O[Si](C)(C)C.CC1CCCC=C1c1nn(C)c(C(OC(C)(C)C)C(=O)O)c1-c1ccc2c(c1)CCCO2.CC1CCCCC1=O.COC(=O)C(OC(C)(C)C)c1c(-c2ccc3c(c2)CCCO3)c(Br)nn1C. The Morgan fingerprint density at radius 3 is 1.55 bits per heavy atom. The van der Waals surface area contributed by atoms with Crippen molar-refractivity contribution in [1.29, 1.82) is 0 Å². The molecule has 612 valence electrons. The molecule has 5 heterocycles. The van der Waals surface area contributed by atoms with Gasteiger partial charge in [-0.1, -0.05) is 65.3 Å². The van der Waals surface area contributed by atoms with Crippen molar-refractivity contribution in [2.75, 3.05) is 20.3 Å². The zero-order valence-corrected chi connectivity index (χ0v) is 72.7. The number of hydrogen-bond donors (Lipinski definition) is 1. The lowest BCUT2D eigenvalue weighted by Crippen LogP contribution is -2.41. The molecule has 1 saturated heterocycles. The van der Waals surface area contributed by atoms with Gasteiger partial charge in [0.1, 0.15) is 27.6 Å². The number of nitrogens with zero attached hydrogens (tertiary/aromatic N) is 4. The number of ketones is 1. The standard InChI is InChI=1S/C26H34N2O4.C20H25BrN2O4.C13H23BO2.C10H20OSi.C8H11F3O3S.C7H12O/c1-16-9-6-7-11-19(16)22-21(18-12-13-20-17(15-18)10-8-14-31-20)23(28(5)27-22)24(25(29)30)32-26(2,3)4;1-20(2,3)27-17(19(24)25-5)16-15(18(21)22-23(16)4)13-8-9-14-12(11-13)7-6-10-26-14;1-10-8-6-7-9-11(10)14-15-12(2,3)13(4,5)16-14;1-9-7-5-6-8-10(9)11-12(2,3)4;1-6-4-2-3-5-7(6)14-15(12,13)8(9,10)11;1-6-4-2-3-5-7(6)8/h11-13,15-16,24H,6-10,14H2,1-5H3,(H,29,30);8-9,11,17H,6-7,10H2,1-5H3;9-10H,6-8H2,1-5H3;8-9H,5-7H2,1-4H3;5-6H,2-4H2,1H3;6H,2-5H2,1H3. The molecule has 2 aromatic carbocycles. The number of carboxylic acid groups (broad SMARTS) is 1. The fraction of sp³-hybridized carbons (Fsp3) is 0.655. The molecule has 7 atom stereocenters. The van der Waals surface area contributed by atoms with E-state index in [1.165, 1.54) is 81.4 Å². The van der Waals surface area contributed by atoms with Crippen LogP contribution >= 0.6 is 15.9 Å². The average molecular weight is 1640 g/mol. The number of hydrogen-bond acceptors (Lipinski definition) is 16. The van der Waals surface area contributed by atoms with Gasteiger partial charge in [-0.3, -0.25) is 14.2 Å². The molecule has 5 aliphatic carbocycles. The van der Waals surface area contributed by atoms with Gasteiger partial charge in [-0.25, -0.2) is 9.59 Å².